The summed E-state index contributed by atoms with van der Waals surface area (Å²) >= 11 is 0. The normalized spacial score (nSPS) is 12.0. The third kappa shape index (κ3) is 19.0. The monoisotopic (exact) mass is 863 g/mol. The van der Waals surface area contributed by atoms with E-state index in [4.69, 9.17) is 24.7 Å². The first kappa shape index (κ1) is 50.5. The zero-order chi connectivity index (χ0) is 43.8. The van der Waals surface area contributed by atoms with Gasteiger partial charge in [-0.15, -0.1) is 0 Å². The number of ether oxygens (including phenoxy) is 1. The average molecular weight is 863 g/mol. The van der Waals surface area contributed by atoms with Gasteiger partial charge in [-0.1, -0.05) is 168 Å². The number of rotatable bonds is 32. The van der Waals surface area contributed by atoms with Crippen LogP contribution in [0.4, 0.5) is 0 Å². The minimum atomic E-state index is -1.07. The topological polar surface area (TPSA) is 60.8 Å². The first-order valence-electron chi connectivity index (χ1n) is 25.1. The van der Waals surface area contributed by atoms with Gasteiger partial charge in [0.2, 0.25) is 0 Å². The van der Waals surface area contributed by atoms with Crippen LogP contribution in [0.15, 0.2) is 61.2 Å². The standard InChI is InChI=1S/C54H86N4OSi2/c1-9-13-15-17-19-23-29-45-41-55-53(56-42-45)49-33-35-51(47(39-49)31-25-21-27-37-60(5,6)11-3)59-52-36-34-50(40-48(52)32-26-22-28-38-61(7,8)12-4)54-57-43-46(44-58-54)30-24-20-18-16-14-10-2/h33-36,39-44H,9-32,37-38H2,1-8H3. The van der Waals surface area contributed by atoms with E-state index in [1.165, 1.54) is 149 Å². The van der Waals surface area contributed by atoms with Crippen molar-refractivity contribution < 1.29 is 4.74 Å². The number of hydrogen-bond acceptors (Lipinski definition) is 5. The average Bonchev–Trinajstić information content (AvgIpc) is 3.27. The van der Waals surface area contributed by atoms with E-state index in [0.29, 0.717) is 0 Å². The third-order valence-corrected chi connectivity index (χ3v) is 20.7. The van der Waals surface area contributed by atoms with Gasteiger partial charge in [-0.25, -0.2) is 19.9 Å². The van der Waals surface area contributed by atoms with Gasteiger partial charge in [-0.2, -0.15) is 0 Å². The molecule has 0 saturated carbocycles. The Labute approximate surface area is 376 Å². The van der Waals surface area contributed by atoms with Crippen molar-refractivity contribution in [3.05, 3.63) is 83.4 Å². The lowest BCUT2D eigenvalue weighted by atomic mass is 10.0. The fourth-order valence-electron chi connectivity index (χ4n) is 8.18. The van der Waals surface area contributed by atoms with E-state index in [9.17, 15) is 0 Å². The largest absolute Gasteiger partial charge is 0.457 e. The first-order chi connectivity index (χ1) is 29.6. The molecule has 0 aliphatic carbocycles. The van der Waals surface area contributed by atoms with Crippen LogP contribution in [0.5, 0.6) is 11.5 Å². The van der Waals surface area contributed by atoms with Crippen molar-refractivity contribution >= 4 is 16.1 Å². The van der Waals surface area contributed by atoms with Gasteiger partial charge in [0.15, 0.2) is 11.6 Å². The number of aryl methyl sites for hydroxylation is 4. The van der Waals surface area contributed by atoms with Crippen LogP contribution in [0.1, 0.15) is 166 Å². The third-order valence-electron chi connectivity index (χ3n) is 13.4. The Balaban J connectivity index is 1.54. The molecule has 0 radical (unpaired) electrons. The molecule has 0 saturated heterocycles. The Morgan fingerprint density at radius 3 is 1.13 bits per heavy atom. The Bertz CT molecular complexity index is 1660. The number of benzene rings is 2. The summed E-state index contributed by atoms with van der Waals surface area (Å²) in [7, 11) is -2.14. The van der Waals surface area contributed by atoms with Crippen molar-refractivity contribution in [2.45, 2.75) is 219 Å². The zero-order valence-corrected chi connectivity index (χ0v) is 42.4. The molecule has 0 atom stereocenters. The Morgan fingerprint density at radius 1 is 0.410 bits per heavy atom. The van der Waals surface area contributed by atoms with Crippen molar-refractivity contribution in [1.82, 2.24) is 19.9 Å². The highest BCUT2D eigenvalue weighted by atomic mass is 28.3. The predicted molar refractivity (Wildman–Crippen MR) is 270 cm³/mol. The van der Waals surface area contributed by atoms with E-state index < -0.39 is 16.1 Å². The molecule has 2 aromatic carbocycles. The van der Waals surface area contributed by atoms with Crippen LogP contribution in [0.2, 0.25) is 50.4 Å². The van der Waals surface area contributed by atoms with Crippen LogP contribution >= 0.6 is 0 Å². The molecular weight excluding hydrogens is 777 g/mol. The highest BCUT2D eigenvalue weighted by Crippen LogP contribution is 2.35. The Morgan fingerprint density at radius 2 is 0.754 bits per heavy atom. The van der Waals surface area contributed by atoms with Crippen molar-refractivity contribution in [3.63, 3.8) is 0 Å². The van der Waals surface area contributed by atoms with E-state index >= 15 is 0 Å². The van der Waals surface area contributed by atoms with E-state index in [1.54, 1.807) is 0 Å². The molecule has 2 aromatic heterocycles. The number of unbranched alkanes of at least 4 members (excludes halogenated alkanes) is 14. The second-order valence-corrected chi connectivity index (χ2v) is 30.8. The lowest BCUT2D eigenvalue weighted by Crippen LogP contribution is -2.22. The number of hydrogen-bond donors (Lipinski definition) is 0. The number of aromatic nitrogens is 4. The van der Waals surface area contributed by atoms with Gasteiger partial charge >= 0.3 is 0 Å². The molecule has 4 aromatic rings. The summed E-state index contributed by atoms with van der Waals surface area (Å²) in [6.45, 7) is 19.5. The van der Waals surface area contributed by atoms with Crippen LogP contribution in [-0.4, -0.2) is 36.1 Å². The van der Waals surface area contributed by atoms with Crippen LogP contribution in [0, 0.1) is 0 Å². The Hall–Kier alpha value is -3.17. The maximum absolute atomic E-state index is 7.01. The number of nitrogens with zero attached hydrogens (tertiary/aromatic N) is 4. The SMILES string of the molecule is CCCCCCCCc1cnc(-c2ccc(Oc3ccc(-c4ncc(CCCCCCCC)cn4)cc3CCCCC[Si](C)(C)CC)c(CCCCC[Si](C)(C)CC)c2)nc1. The molecule has 0 spiro atoms. The quantitative estimate of drug-likeness (QED) is 0.0361. The second kappa shape index (κ2) is 27.8. The molecule has 0 aliphatic heterocycles. The van der Waals surface area contributed by atoms with Gasteiger partial charge in [0.05, 0.1) is 0 Å². The second-order valence-electron chi connectivity index (χ2n) is 19.8. The summed E-state index contributed by atoms with van der Waals surface area (Å²) in [5, 5.41) is 0. The molecule has 61 heavy (non-hydrogen) atoms. The molecule has 7 heteroatoms. The molecule has 2 heterocycles. The minimum Gasteiger partial charge on any atom is -0.457 e. The fraction of sp³-hybridized carbons (Fsp3) is 0.630. The summed E-state index contributed by atoms with van der Waals surface area (Å²) in [6, 6.07) is 18.8. The van der Waals surface area contributed by atoms with Gasteiger partial charge in [0.1, 0.15) is 11.5 Å². The molecule has 336 valence electrons. The maximum Gasteiger partial charge on any atom is 0.159 e. The molecule has 0 unspecified atom stereocenters. The van der Waals surface area contributed by atoms with E-state index in [1.807, 2.05) is 24.8 Å². The molecule has 0 N–H and O–H groups in total. The Kier molecular flexibility index (Phi) is 23.0. The first-order valence-corrected chi connectivity index (χ1v) is 32.0. The summed E-state index contributed by atoms with van der Waals surface area (Å²) in [5.74, 6) is 3.50. The molecule has 5 nitrogen and oxygen atoms in total. The summed E-state index contributed by atoms with van der Waals surface area (Å²) in [4.78, 5) is 19.5. The lowest BCUT2D eigenvalue weighted by Gasteiger charge is -2.20. The highest BCUT2D eigenvalue weighted by Gasteiger charge is 2.19. The van der Waals surface area contributed by atoms with Gasteiger partial charge in [0, 0.05) is 52.1 Å². The summed E-state index contributed by atoms with van der Waals surface area (Å²) in [6.07, 6.45) is 35.3. The predicted octanol–water partition coefficient (Wildman–Crippen LogP) is 17.1. The molecule has 0 amide bonds. The van der Waals surface area contributed by atoms with Crippen LogP contribution in [0.3, 0.4) is 0 Å². The van der Waals surface area contributed by atoms with E-state index in [-0.39, 0.29) is 0 Å². The van der Waals surface area contributed by atoms with Crippen molar-refractivity contribution in [2.75, 3.05) is 0 Å². The molecule has 0 bridgehead atoms. The van der Waals surface area contributed by atoms with Crippen LogP contribution in [-0.2, 0) is 25.7 Å². The fourth-order valence-corrected chi connectivity index (χ4v) is 11.3. The lowest BCUT2D eigenvalue weighted by molar-refractivity contribution is 0.467. The van der Waals surface area contributed by atoms with Gasteiger partial charge in [0.25, 0.3) is 0 Å². The maximum atomic E-state index is 7.01. The molecular formula is C54H86N4OSi2. The molecule has 0 fully saturated rings. The van der Waals surface area contributed by atoms with Crippen LogP contribution in [0.25, 0.3) is 22.8 Å². The minimum absolute atomic E-state index is 0.799. The van der Waals surface area contributed by atoms with Crippen molar-refractivity contribution in [1.29, 1.82) is 0 Å². The van der Waals surface area contributed by atoms with Gasteiger partial charge in [-0.05, 0) is 110 Å². The summed E-state index contributed by atoms with van der Waals surface area (Å²) < 4.78 is 7.01. The van der Waals surface area contributed by atoms with Gasteiger partial charge < -0.3 is 4.74 Å². The zero-order valence-electron chi connectivity index (χ0n) is 40.4. The summed E-state index contributed by atoms with van der Waals surface area (Å²) in [5.41, 5.74) is 7.10. The van der Waals surface area contributed by atoms with Crippen molar-refractivity contribution in [2.24, 2.45) is 0 Å². The van der Waals surface area contributed by atoms with E-state index in [0.717, 1.165) is 72.8 Å². The molecule has 4 rings (SSSR count). The highest BCUT2D eigenvalue weighted by molar-refractivity contribution is 6.77. The van der Waals surface area contributed by atoms with E-state index in [2.05, 4.69) is 90.3 Å². The van der Waals surface area contributed by atoms with Gasteiger partial charge in [-0.3, -0.25) is 0 Å². The smallest absolute Gasteiger partial charge is 0.159 e. The van der Waals surface area contributed by atoms with Crippen LogP contribution < -0.4 is 4.74 Å². The van der Waals surface area contributed by atoms with Crippen molar-refractivity contribution in [3.8, 4) is 34.3 Å². The molecule has 0 aliphatic rings.